The molecule has 10 heteroatoms. The molecule has 4 N–H and O–H groups in total. The zero-order chi connectivity index (χ0) is 24.8. The summed E-state index contributed by atoms with van der Waals surface area (Å²) < 4.78 is 28.8. The molecule has 2 heterocycles. The van der Waals surface area contributed by atoms with Crippen LogP contribution in [0.1, 0.15) is 54.4 Å². The van der Waals surface area contributed by atoms with Crippen molar-refractivity contribution in [1.29, 1.82) is 0 Å². The van der Waals surface area contributed by atoms with Crippen LogP contribution in [0.3, 0.4) is 0 Å². The Bertz CT molecular complexity index is 1150. The Balaban J connectivity index is 1.55. The van der Waals surface area contributed by atoms with E-state index in [2.05, 4.69) is 15.5 Å². The molecule has 0 atom stereocenters. The Kier molecular flexibility index (Phi) is 7.92. The summed E-state index contributed by atoms with van der Waals surface area (Å²) in [6.45, 7) is 2.92. The van der Waals surface area contributed by atoms with E-state index in [1.54, 1.807) is 40.7 Å². The van der Waals surface area contributed by atoms with E-state index in [9.17, 15) is 18.0 Å². The molecule has 0 bridgehead atoms. The van der Waals surface area contributed by atoms with Crippen molar-refractivity contribution in [2.75, 3.05) is 36.4 Å². The number of nitrogens with one attached hydrogen (secondary N) is 2. The highest BCUT2D eigenvalue weighted by atomic mass is 32.2. The fourth-order valence-electron chi connectivity index (χ4n) is 4.63. The molecule has 188 valence electrons. The highest BCUT2D eigenvalue weighted by Gasteiger charge is 2.31. The first-order valence-corrected chi connectivity index (χ1v) is 13.6. The second kappa shape index (κ2) is 11.1. The molecule has 4 rings (SSSR count). The van der Waals surface area contributed by atoms with Crippen LogP contribution in [0, 0.1) is 0 Å². The van der Waals surface area contributed by atoms with Crippen LogP contribution in [0.5, 0.6) is 0 Å². The van der Waals surface area contributed by atoms with Gasteiger partial charge in [-0.05, 0) is 68.0 Å². The lowest BCUT2D eigenvalue weighted by Gasteiger charge is -2.33. The smallest absolute Gasteiger partial charge is 0.316 e. The molecule has 2 aromatic rings. The minimum absolute atomic E-state index is 0.218. The lowest BCUT2D eigenvalue weighted by molar-refractivity contribution is 0.0950. The van der Waals surface area contributed by atoms with E-state index in [1.165, 1.54) is 6.07 Å². The van der Waals surface area contributed by atoms with Gasteiger partial charge in [0.05, 0.1) is 5.69 Å². The van der Waals surface area contributed by atoms with Crippen LogP contribution in [0.25, 0.3) is 0 Å². The molecule has 2 fully saturated rings. The van der Waals surface area contributed by atoms with Gasteiger partial charge in [0.15, 0.2) is 0 Å². The number of amides is 3. The summed E-state index contributed by atoms with van der Waals surface area (Å²) in [5.74, 6) is -0.343. The molecule has 2 aliphatic rings. The van der Waals surface area contributed by atoms with Crippen molar-refractivity contribution < 1.29 is 18.0 Å². The number of nitrogens with two attached hydrogens (primary N) is 1. The van der Waals surface area contributed by atoms with E-state index < -0.39 is 16.1 Å². The third kappa shape index (κ3) is 6.12. The van der Waals surface area contributed by atoms with Crippen LogP contribution in [0.2, 0.25) is 0 Å². The molecular formula is C25H33N5O4S. The van der Waals surface area contributed by atoms with Gasteiger partial charge < -0.3 is 21.3 Å². The predicted octanol–water partition coefficient (Wildman–Crippen LogP) is 3.27. The van der Waals surface area contributed by atoms with Crippen LogP contribution in [0.4, 0.5) is 16.2 Å². The topological polar surface area (TPSA) is 125 Å². The fraction of sp³-hybridized carbons (Fsp3) is 0.440. The molecular weight excluding hydrogens is 466 g/mol. The molecule has 0 aromatic heterocycles. The zero-order valence-corrected chi connectivity index (χ0v) is 20.6. The number of rotatable bonds is 7. The van der Waals surface area contributed by atoms with Crippen molar-refractivity contribution >= 4 is 33.3 Å². The summed E-state index contributed by atoms with van der Waals surface area (Å²) in [5.41, 5.74) is 7.51. The number of carbonyl (C=O) groups is 2. The van der Waals surface area contributed by atoms with Crippen molar-refractivity contribution in [2.24, 2.45) is 5.73 Å². The maximum absolute atomic E-state index is 13.6. The summed E-state index contributed by atoms with van der Waals surface area (Å²) in [6, 6.07) is 11.3. The average molecular weight is 500 g/mol. The number of carbonyl (C=O) groups excluding carboxylic acids is 2. The van der Waals surface area contributed by atoms with Gasteiger partial charge in [-0.1, -0.05) is 18.6 Å². The molecule has 0 saturated carbocycles. The van der Waals surface area contributed by atoms with Crippen molar-refractivity contribution in [3.8, 4) is 0 Å². The predicted molar refractivity (Wildman–Crippen MR) is 136 cm³/mol. The Labute approximate surface area is 206 Å². The van der Waals surface area contributed by atoms with E-state index >= 15 is 0 Å². The van der Waals surface area contributed by atoms with Crippen molar-refractivity contribution in [2.45, 2.75) is 50.0 Å². The summed E-state index contributed by atoms with van der Waals surface area (Å²) in [7, 11) is -3.71. The van der Waals surface area contributed by atoms with Crippen LogP contribution in [-0.2, 0) is 16.6 Å². The maximum Gasteiger partial charge on any atom is 0.316 e. The molecule has 0 spiro atoms. The molecule has 3 amide bonds. The Hall–Kier alpha value is -3.11. The largest absolute Gasteiger partial charge is 0.370 e. The first-order chi connectivity index (χ1) is 16.8. The number of piperidine rings is 2. The molecule has 2 aliphatic heterocycles. The molecule has 0 radical (unpaired) electrons. The van der Waals surface area contributed by atoms with Crippen molar-refractivity contribution in [1.82, 2.24) is 9.62 Å². The van der Waals surface area contributed by atoms with Gasteiger partial charge >= 0.3 is 6.03 Å². The van der Waals surface area contributed by atoms with E-state index in [0.29, 0.717) is 30.0 Å². The number of urea groups is 1. The third-order valence-corrected chi connectivity index (χ3v) is 8.45. The van der Waals surface area contributed by atoms with E-state index in [-0.39, 0.29) is 17.3 Å². The maximum atomic E-state index is 13.6. The number of anilines is 2. The Morgan fingerprint density at radius 1 is 0.857 bits per heavy atom. The summed E-state index contributed by atoms with van der Waals surface area (Å²) in [4.78, 5) is 26.3. The molecule has 2 saturated heterocycles. The van der Waals surface area contributed by atoms with E-state index in [4.69, 9.17) is 5.73 Å². The van der Waals surface area contributed by atoms with E-state index in [0.717, 1.165) is 57.2 Å². The van der Waals surface area contributed by atoms with Gasteiger partial charge in [-0.3, -0.25) is 4.79 Å². The lowest BCUT2D eigenvalue weighted by atomic mass is 10.1. The van der Waals surface area contributed by atoms with Crippen LogP contribution < -0.4 is 21.3 Å². The number of sulfonamides is 1. The second-order valence-electron chi connectivity index (χ2n) is 9.06. The summed E-state index contributed by atoms with van der Waals surface area (Å²) in [5, 5.41) is 5.35. The highest BCUT2D eigenvalue weighted by Crippen LogP contribution is 2.32. The normalized spacial score (nSPS) is 17.1. The molecule has 9 nitrogen and oxygen atoms in total. The number of hydrogen-bond acceptors (Lipinski definition) is 5. The van der Waals surface area contributed by atoms with Crippen molar-refractivity contribution in [3.63, 3.8) is 0 Å². The standard InChI is InChI=1S/C25H33N5O4S/c26-25(32)28-21-10-7-19(8-11-21)18-27-24(31)20-9-12-22(29-13-3-1-4-14-29)23(17-20)35(33,34)30-15-5-2-6-16-30/h7-12,17H,1-6,13-16,18H2,(H,27,31)(H3,26,28,32). The minimum atomic E-state index is -3.71. The average Bonchev–Trinajstić information content (AvgIpc) is 2.88. The SMILES string of the molecule is NC(=O)Nc1ccc(CNC(=O)c2ccc(N3CCCCC3)c(S(=O)(=O)N3CCCCC3)c2)cc1. The molecule has 0 unspecified atom stereocenters. The quantitative estimate of drug-likeness (QED) is 0.539. The minimum Gasteiger partial charge on any atom is -0.370 e. The van der Waals surface area contributed by atoms with Crippen LogP contribution in [-0.4, -0.2) is 50.8 Å². The van der Waals surface area contributed by atoms with Gasteiger partial charge in [0, 0.05) is 44.0 Å². The van der Waals surface area contributed by atoms with E-state index in [1.807, 2.05) is 0 Å². The van der Waals surface area contributed by atoms with Gasteiger partial charge in [-0.2, -0.15) is 4.31 Å². The van der Waals surface area contributed by atoms with Gasteiger partial charge in [0.2, 0.25) is 10.0 Å². The first kappa shape index (κ1) is 25.0. The monoisotopic (exact) mass is 499 g/mol. The zero-order valence-electron chi connectivity index (χ0n) is 19.8. The van der Waals surface area contributed by atoms with Gasteiger partial charge in [-0.15, -0.1) is 0 Å². The van der Waals surface area contributed by atoms with Gasteiger partial charge in [0.25, 0.3) is 5.91 Å². The van der Waals surface area contributed by atoms with Crippen LogP contribution in [0.15, 0.2) is 47.4 Å². The summed E-state index contributed by atoms with van der Waals surface area (Å²) in [6.07, 6.45) is 5.94. The lowest BCUT2D eigenvalue weighted by Crippen LogP contribution is -2.38. The Morgan fingerprint density at radius 3 is 2.11 bits per heavy atom. The summed E-state index contributed by atoms with van der Waals surface area (Å²) >= 11 is 0. The van der Waals surface area contributed by atoms with Gasteiger partial charge in [0.1, 0.15) is 4.90 Å². The molecule has 2 aromatic carbocycles. The molecule has 35 heavy (non-hydrogen) atoms. The fourth-order valence-corrected chi connectivity index (χ4v) is 6.39. The number of primary amides is 1. The third-order valence-electron chi connectivity index (χ3n) is 6.53. The van der Waals surface area contributed by atoms with Crippen molar-refractivity contribution in [3.05, 3.63) is 53.6 Å². The first-order valence-electron chi connectivity index (χ1n) is 12.2. The number of hydrogen-bond donors (Lipinski definition) is 3. The Morgan fingerprint density at radius 2 is 1.49 bits per heavy atom. The second-order valence-corrected chi connectivity index (χ2v) is 11.0. The number of nitrogens with zero attached hydrogens (tertiary/aromatic N) is 2. The van der Waals surface area contributed by atoms with Gasteiger partial charge in [-0.25, -0.2) is 13.2 Å². The number of benzene rings is 2. The highest BCUT2D eigenvalue weighted by molar-refractivity contribution is 7.89. The molecule has 0 aliphatic carbocycles. The van der Waals surface area contributed by atoms with Crippen LogP contribution >= 0.6 is 0 Å².